The van der Waals surface area contributed by atoms with Gasteiger partial charge in [-0.3, -0.25) is 9.69 Å². The Labute approximate surface area is 105 Å². The lowest BCUT2D eigenvalue weighted by Gasteiger charge is -2.21. The summed E-state index contributed by atoms with van der Waals surface area (Å²) < 4.78 is 0. The Morgan fingerprint density at radius 1 is 1.39 bits per heavy atom. The summed E-state index contributed by atoms with van der Waals surface area (Å²) in [6.07, 6.45) is 2.34. The molecule has 2 heterocycles. The highest BCUT2D eigenvalue weighted by Gasteiger charge is 2.35. The maximum absolute atomic E-state index is 12.4. The van der Waals surface area contributed by atoms with Crippen LogP contribution in [0.25, 0.3) is 0 Å². The van der Waals surface area contributed by atoms with Crippen LogP contribution in [-0.2, 0) is 16.0 Å². The van der Waals surface area contributed by atoms with E-state index < -0.39 is 0 Å². The first-order valence-corrected chi connectivity index (χ1v) is 6.20. The van der Waals surface area contributed by atoms with Crippen molar-refractivity contribution in [3.8, 4) is 0 Å². The van der Waals surface area contributed by atoms with Gasteiger partial charge in [-0.25, -0.2) is 4.79 Å². The number of carbonyl (C=O) groups excluding carboxylic acids is 2. The van der Waals surface area contributed by atoms with E-state index in [-0.39, 0.29) is 11.9 Å². The van der Waals surface area contributed by atoms with Crippen molar-refractivity contribution in [1.29, 1.82) is 0 Å². The van der Waals surface area contributed by atoms with E-state index >= 15 is 0 Å². The third-order valence-corrected chi connectivity index (χ3v) is 3.56. The number of para-hydroxylation sites is 1. The molecule has 1 unspecified atom stereocenters. The van der Waals surface area contributed by atoms with E-state index in [2.05, 4.69) is 5.32 Å². The maximum Gasteiger partial charge on any atom is 0.249 e. The quantitative estimate of drug-likeness (QED) is 0.749. The van der Waals surface area contributed by atoms with Crippen molar-refractivity contribution in [3.05, 3.63) is 35.5 Å². The molecule has 0 aromatic heterocycles. The fraction of sp³-hybridized carbons (Fsp3) is 0.357. The fourth-order valence-corrected chi connectivity index (χ4v) is 2.67. The van der Waals surface area contributed by atoms with Crippen molar-refractivity contribution in [2.75, 3.05) is 11.4 Å². The molecule has 18 heavy (non-hydrogen) atoms. The molecule has 0 bridgehead atoms. The summed E-state index contributed by atoms with van der Waals surface area (Å²) in [5, 5.41) is 3.17. The lowest BCUT2D eigenvalue weighted by atomic mass is 10.1. The normalized spacial score (nSPS) is 21.9. The molecule has 92 valence electrons. The van der Waals surface area contributed by atoms with Crippen LogP contribution in [0, 0.1) is 0 Å². The Hall–Kier alpha value is -1.90. The molecule has 1 atom stereocenters. The molecule has 1 aromatic carbocycles. The Morgan fingerprint density at radius 3 is 2.94 bits per heavy atom. The van der Waals surface area contributed by atoms with Crippen LogP contribution >= 0.6 is 0 Å². The van der Waals surface area contributed by atoms with E-state index in [1.54, 1.807) is 0 Å². The van der Waals surface area contributed by atoms with Gasteiger partial charge >= 0.3 is 0 Å². The largest absolute Gasteiger partial charge is 0.306 e. The van der Waals surface area contributed by atoms with Crippen LogP contribution in [0.15, 0.2) is 30.0 Å². The van der Waals surface area contributed by atoms with Gasteiger partial charge in [-0.05, 0) is 31.0 Å². The molecule has 1 saturated heterocycles. The highest BCUT2D eigenvalue weighted by atomic mass is 16.2. The maximum atomic E-state index is 12.4. The first kappa shape index (κ1) is 11.2. The van der Waals surface area contributed by atoms with E-state index in [1.165, 1.54) is 4.90 Å². The fourth-order valence-electron chi connectivity index (χ4n) is 2.67. The molecule has 0 spiro atoms. The summed E-state index contributed by atoms with van der Waals surface area (Å²) in [6.45, 7) is 0.867. The number of hydrogen-bond acceptors (Lipinski definition) is 3. The Morgan fingerprint density at radius 2 is 2.22 bits per heavy atom. The molecule has 2 aliphatic rings. The molecule has 2 aliphatic heterocycles. The number of allylic oxidation sites excluding steroid dienone is 1. The topological polar surface area (TPSA) is 49.4 Å². The van der Waals surface area contributed by atoms with Crippen molar-refractivity contribution in [1.82, 2.24) is 5.32 Å². The number of benzene rings is 1. The second-order valence-corrected chi connectivity index (χ2v) is 4.68. The van der Waals surface area contributed by atoms with Crippen molar-refractivity contribution in [2.45, 2.75) is 25.3 Å². The van der Waals surface area contributed by atoms with Crippen molar-refractivity contribution in [3.63, 3.8) is 0 Å². The second-order valence-electron chi connectivity index (χ2n) is 4.68. The Kier molecular flexibility index (Phi) is 2.74. The Bertz CT molecular complexity index is 540. The van der Waals surface area contributed by atoms with Crippen LogP contribution in [0.1, 0.15) is 18.4 Å². The SMILES string of the molecule is O=C=C1Cc2ccccc2N1C(=O)C1CCCN1. The van der Waals surface area contributed by atoms with Gasteiger partial charge in [0, 0.05) is 6.42 Å². The number of carbonyl (C=O) groups is 1. The first-order valence-electron chi connectivity index (χ1n) is 6.20. The minimum absolute atomic E-state index is 0.0317. The van der Waals surface area contributed by atoms with Gasteiger partial charge in [0.25, 0.3) is 0 Å². The number of fused-ring (bicyclic) bond motifs is 1. The summed E-state index contributed by atoms with van der Waals surface area (Å²) in [6, 6.07) is 7.46. The number of rotatable bonds is 1. The van der Waals surface area contributed by atoms with Crippen molar-refractivity contribution >= 4 is 17.5 Å². The van der Waals surface area contributed by atoms with E-state index in [9.17, 15) is 9.59 Å². The highest BCUT2D eigenvalue weighted by Crippen LogP contribution is 2.34. The zero-order valence-electron chi connectivity index (χ0n) is 9.98. The molecule has 1 aromatic rings. The van der Waals surface area contributed by atoms with Crippen LogP contribution in [-0.4, -0.2) is 24.4 Å². The third-order valence-electron chi connectivity index (χ3n) is 3.56. The predicted molar refractivity (Wildman–Crippen MR) is 67.9 cm³/mol. The van der Waals surface area contributed by atoms with Gasteiger partial charge in [0.05, 0.1) is 11.7 Å². The van der Waals surface area contributed by atoms with Crippen molar-refractivity contribution < 1.29 is 9.59 Å². The van der Waals surface area contributed by atoms with Crippen LogP contribution < -0.4 is 10.2 Å². The minimum atomic E-state index is -0.167. The van der Waals surface area contributed by atoms with Crippen LogP contribution in [0.3, 0.4) is 0 Å². The molecule has 3 rings (SSSR count). The molecular formula is C14H14N2O2. The van der Waals surface area contributed by atoms with Gasteiger partial charge in [-0.15, -0.1) is 0 Å². The second kappa shape index (κ2) is 4.41. The van der Waals surface area contributed by atoms with E-state index in [0.29, 0.717) is 12.1 Å². The molecule has 1 fully saturated rings. The van der Waals surface area contributed by atoms with Gasteiger partial charge in [-0.2, -0.15) is 0 Å². The monoisotopic (exact) mass is 242 g/mol. The van der Waals surface area contributed by atoms with Gasteiger partial charge in [0.2, 0.25) is 5.91 Å². The lowest BCUT2D eigenvalue weighted by Crippen LogP contribution is -2.42. The molecule has 4 nitrogen and oxygen atoms in total. The van der Waals surface area contributed by atoms with E-state index in [4.69, 9.17) is 0 Å². The van der Waals surface area contributed by atoms with Crippen LogP contribution in [0.4, 0.5) is 5.69 Å². The van der Waals surface area contributed by atoms with E-state index in [1.807, 2.05) is 30.2 Å². The van der Waals surface area contributed by atoms with E-state index in [0.717, 1.165) is 30.6 Å². The van der Waals surface area contributed by atoms with Crippen LogP contribution in [0.5, 0.6) is 0 Å². The first-order chi connectivity index (χ1) is 8.81. The third kappa shape index (κ3) is 1.67. The van der Waals surface area contributed by atoms with Crippen LogP contribution in [0.2, 0.25) is 0 Å². The lowest BCUT2D eigenvalue weighted by molar-refractivity contribution is -0.119. The molecule has 0 saturated carbocycles. The number of hydrogen-bond donors (Lipinski definition) is 1. The summed E-state index contributed by atoms with van der Waals surface area (Å²) in [5.41, 5.74) is 2.27. The van der Waals surface area contributed by atoms with Crippen molar-refractivity contribution in [2.24, 2.45) is 0 Å². The molecule has 4 heteroatoms. The number of anilines is 1. The number of nitrogens with zero attached hydrogens (tertiary/aromatic N) is 1. The summed E-state index contributed by atoms with van der Waals surface area (Å²) in [7, 11) is 0. The molecule has 0 aliphatic carbocycles. The van der Waals surface area contributed by atoms with Gasteiger partial charge < -0.3 is 5.32 Å². The average molecular weight is 242 g/mol. The molecule has 0 radical (unpaired) electrons. The zero-order valence-corrected chi connectivity index (χ0v) is 9.98. The van der Waals surface area contributed by atoms with Gasteiger partial charge in [0.1, 0.15) is 11.6 Å². The number of amides is 1. The summed E-state index contributed by atoms with van der Waals surface area (Å²) in [4.78, 5) is 25.0. The summed E-state index contributed by atoms with van der Waals surface area (Å²) in [5.74, 6) is 1.88. The Balaban J connectivity index is 1.98. The standard InChI is InChI=1S/C14H14N2O2/c17-9-11-8-10-4-1-2-6-13(10)16(11)14(18)12-5-3-7-15-12/h1-2,4,6,12,15H,3,5,7-8H2. The molecular weight excluding hydrogens is 228 g/mol. The number of nitrogens with one attached hydrogen (secondary N) is 1. The summed E-state index contributed by atoms with van der Waals surface area (Å²) >= 11 is 0. The predicted octanol–water partition coefficient (Wildman–Crippen LogP) is 1.04. The van der Waals surface area contributed by atoms with Gasteiger partial charge in [0.15, 0.2) is 0 Å². The zero-order chi connectivity index (χ0) is 12.5. The van der Waals surface area contributed by atoms with Gasteiger partial charge in [-0.1, -0.05) is 18.2 Å². The minimum Gasteiger partial charge on any atom is -0.306 e. The molecule has 1 N–H and O–H groups in total. The smallest absolute Gasteiger partial charge is 0.249 e. The molecule has 1 amide bonds. The average Bonchev–Trinajstić information content (AvgIpc) is 3.04. The highest BCUT2D eigenvalue weighted by molar-refractivity contribution is 6.04.